The molecule has 102 valence electrons. The Kier molecular flexibility index (Phi) is 4.31. The van der Waals surface area contributed by atoms with Gasteiger partial charge in [-0.05, 0) is 23.6 Å². The van der Waals surface area contributed by atoms with Crippen molar-refractivity contribution in [1.29, 1.82) is 5.41 Å². The van der Waals surface area contributed by atoms with Gasteiger partial charge in [0.25, 0.3) is 0 Å². The van der Waals surface area contributed by atoms with Gasteiger partial charge in [0, 0.05) is 11.6 Å². The Morgan fingerprint density at radius 1 is 1.00 bits per heavy atom. The second-order valence-electron chi connectivity index (χ2n) is 4.82. The van der Waals surface area contributed by atoms with Crippen molar-refractivity contribution in [3.63, 3.8) is 0 Å². The molecule has 2 N–H and O–H groups in total. The lowest BCUT2D eigenvalue weighted by atomic mass is 9.93. The summed E-state index contributed by atoms with van der Waals surface area (Å²) in [4.78, 5) is 0. The van der Waals surface area contributed by atoms with Gasteiger partial charge in [-0.15, -0.1) is 0 Å². The van der Waals surface area contributed by atoms with E-state index in [4.69, 9.17) is 10.6 Å². The molecule has 0 radical (unpaired) electrons. The molecule has 0 aliphatic heterocycles. The van der Waals surface area contributed by atoms with Crippen LogP contribution in [0.4, 0.5) is 0 Å². The molecule has 0 aliphatic rings. The average Bonchev–Trinajstić information content (AvgIpc) is 2.53. The van der Waals surface area contributed by atoms with Crippen LogP contribution < -0.4 is 0 Å². The van der Waals surface area contributed by atoms with E-state index >= 15 is 0 Å². The molecule has 2 aromatic rings. The van der Waals surface area contributed by atoms with Crippen molar-refractivity contribution in [3.05, 3.63) is 60.2 Å². The van der Waals surface area contributed by atoms with E-state index in [0.717, 1.165) is 16.7 Å². The monoisotopic (exact) mass is 266 g/mol. The second-order valence-corrected chi connectivity index (χ2v) is 4.82. The van der Waals surface area contributed by atoms with Crippen LogP contribution in [0.1, 0.15) is 19.4 Å². The summed E-state index contributed by atoms with van der Waals surface area (Å²) >= 11 is 0. The fourth-order valence-electron chi connectivity index (χ4n) is 2.02. The van der Waals surface area contributed by atoms with Crippen molar-refractivity contribution < 1.29 is 5.21 Å². The highest BCUT2D eigenvalue weighted by Gasteiger charge is 2.14. The summed E-state index contributed by atoms with van der Waals surface area (Å²) in [6.45, 7) is 3.58. The number of rotatable bonds is 4. The van der Waals surface area contributed by atoms with Gasteiger partial charge >= 0.3 is 0 Å². The third-order valence-corrected chi connectivity index (χ3v) is 3.52. The Morgan fingerprint density at radius 3 is 2.10 bits per heavy atom. The van der Waals surface area contributed by atoms with Gasteiger partial charge in [-0.25, -0.2) is 0 Å². The molecule has 0 amide bonds. The largest absolute Gasteiger partial charge is 0.411 e. The van der Waals surface area contributed by atoms with Crippen molar-refractivity contribution >= 4 is 11.4 Å². The van der Waals surface area contributed by atoms with Gasteiger partial charge < -0.3 is 10.6 Å². The predicted molar refractivity (Wildman–Crippen MR) is 82.8 cm³/mol. The molecule has 20 heavy (non-hydrogen) atoms. The molecule has 3 heteroatoms. The first-order valence-corrected chi connectivity index (χ1v) is 6.56. The van der Waals surface area contributed by atoms with E-state index in [9.17, 15) is 0 Å². The fourth-order valence-corrected chi connectivity index (χ4v) is 2.02. The Balaban J connectivity index is 2.23. The third kappa shape index (κ3) is 2.94. The summed E-state index contributed by atoms with van der Waals surface area (Å²) in [5.74, 6) is -0.192. The van der Waals surface area contributed by atoms with Crippen LogP contribution in [0.5, 0.6) is 0 Å². The highest BCUT2D eigenvalue weighted by molar-refractivity contribution is 6.12. The van der Waals surface area contributed by atoms with Gasteiger partial charge in [0.1, 0.15) is 0 Å². The lowest BCUT2D eigenvalue weighted by molar-refractivity contribution is 0.316. The van der Waals surface area contributed by atoms with Gasteiger partial charge in [-0.2, -0.15) is 0 Å². The molecule has 0 fully saturated rings. The number of oxime groups is 1. The molecule has 2 aromatic carbocycles. The molecule has 3 nitrogen and oxygen atoms in total. The molecule has 0 spiro atoms. The number of hydrogen-bond acceptors (Lipinski definition) is 3. The Morgan fingerprint density at radius 2 is 1.55 bits per heavy atom. The standard InChI is InChI=1S/C17H18N2O/c1-12(13(2)19-20)17(18)16-10-8-15(9-11-16)14-6-4-3-5-7-14/h3-12,18,20H,1-2H3/b18-17?,19-13+. The van der Waals surface area contributed by atoms with Crippen molar-refractivity contribution in [2.75, 3.05) is 0 Å². The lowest BCUT2D eigenvalue weighted by Gasteiger charge is -2.12. The Hall–Kier alpha value is -2.42. The van der Waals surface area contributed by atoms with Crippen LogP contribution in [-0.2, 0) is 0 Å². The predicted octanol–water partition coefficient (Wildman–Crippen LogP) is 4.21. The summed E-state index contributed by atoms with van der Waals surface area (Å²) in [7, 11) is 0. The van der Waals surface area contributed by atoms with E-state index in [1.807, 2.05) is 49.4 Å². The first kappa shape index (κ1) is 14.0. The van der Waals surface area contributed by atoms with Crippen LogP contribution in [0.2, 0.25) is 0 Å². The van der Waals surface area contributed by atoms with Crippen molar-refractivity contribution in [1.82, 2.24) is 0 Å². The summed E-state index contributed by atoms with van der Waals surface area (Å²) in [5.41, 5.74) is 4.14. The maximum absolute atomic E-state index is 8.79. The first-order valence-electron chi connectivity index (χ1n) is 6.56. The number of nitrogens with zero attached hydrogens (tertiary/aromatic N) is 1. The Bertz CT molecular complexity index is 615. The van der Waals surface area contributed by atoms with E-state index in [0.29, 0.717) is 11.4 Å². The topological polar surface area (TPSA) is 56.4 Å². The molecule has 0 bridgehead atoms. The zero-order valence-corrected chi connectivity index (χ0v) is 11.7. The normalized spacial score (nSPS) is 13.0. The molecular formula is C17H18N2O. The summed E-state index contributed by atoms with van der Waals surface area (Å²) in [6, 6.07) is 18.0. The molecule has 0 saturated heterocycles. The van der Waals surface area contributed by atoms with E-state index in [2.05, 4.69) is 17.3 Å². The SMILES string of the molecule is C/C(=N\O)C(C)C(=N)c1ccc(-c2ccccc2)cc1. The van der Waals surface area contributed by atoms with Gasteiger partial charge in [-0.1, -0.05) is 66.7 Å². The molecule has 1 unspecified atom stereocenters. The minimum atomic E-state index is -0.192. The van der Waals surface area contributed by atoms with E-state index in [-0.39, 0.29) is 5.92 Å². The number of benzene rings is 2. The second kappa shape index (κ2) is 6.15. The zero-order chi connectivity index (χ0) is 14.5. The molecule has 1 atom stereocenters. The molecule has 0 aliphatic carbocycles. The van der Waals surface area contributed by atoms with Crippen LogP contribution in [0.3, 0.4) is 0 Å². The molecular weight excluding hydrogens is 248 g/mol. The van der Waals surface area contributed by atoms with Gasteiger partial charge in [-0.3, -0.25) is 0 Å². The number of hydrogen-bond donors (Lipinski definition) is 2. The van der Waals surface area contributed by atoms with Crippen LogP contribution in [-0.4, -0.2) is 16.6 Å². The summed E-state index contributed by atoms with van der Waals surface area (Å²) in [6.07, 6.45) is 0. The summed E-state index contributed by atoms with van der Waals surface area (Å²) in [5, 5.41) is 20.1. The third-order valence-electron chi connectivity index (χ3n) is 3.52. The average molecular weight is 266 g/mol. The maximum atomic E-state index is 8.79. The molecule has 2 rings (SSSR count). The quantitative estimate of drug-likeness (QED) is 0.486. The van der Waals surface area contributed by atoms with Crippen molar-refractivity contribution in [3.8, 4) is 11.1 Å². The highest BCUT2D eigenvalue weighted by atomic mass is 16.4. The van der Waals surface area contributed by atoms with Crippen LogP contribution in [0, 0.1) is 11.3 Å². The van der Waals surface area contributed by atoms with Crippen LogP contribution in [0.25, 0.3) is 11.1 Å². The van der Waals surface area contributed by atoms with Gasteiger partial charge in [0.05, 0.1) is 5.71 Å². The van der Waals surface area contributed by atoms with Crippen LogP contribution in [0.15, 0.2) is 59.8 Å². The minimum absolute atomic E-state index is 0.192. The van der Waals surface area contributed by atoms with Crippen LogP contribution >= 0.6 is 0 Å². The molecule has 0 aromatic heterocycles. The van der Waals surface area contributed by atoms with Crippen molar-refractivity contribution in [2.24, 2.45) is 11.1 Å². The number of nitrogens with one attached hydrogen (secondary N) is 1. The highest BCUT2D eigenvalue weighted by Crippen LogP contribution is 2.20. The maximum Gasteiger partial charge on any atom is 0.0627 e. The zero-order valence-electron chi connectivity index (χ0n) is 11.7. The molecule has 0 saturated carbocycles. The van der Waals surface area contributed by atoms with Gasteiger partial charge in [0.2, 0.25) is 0 Å². The molecule has 0 heterocycles. The van der Waals surface area contributed by atoms with Crippen molar-refractivity contribution in [2.45, 2.75) is 13.8 Å². The van der Waals surface area contributed by atoms with E-state index in [1.54, 1.807) is 6.92 Å². The lowest BCUT2D eigenvalue weighted by Crippen LogP contribution is -2.19. The Labute approximate surface area is 119 Å². The smallest absolute Gasteiger partial charge is 0.0627 e. The van der Waals surface area contributed by atoms with E-state index < -0.39 is 0 Å². The van der Waals surface area contributed by atoms with E-state index in [1.165, 1.54) is 0 Å². The minimum Gasteiger partial charge on any atom is -0.411 e. The fraction of sp³-hybridized carbons (Fsp3) is 0.176. The summed E-state index contributed by atoms with van der Waals surface area (Å²) < 4.78 is 0. The van der Waals surface area contributed by atoms with Gasteiger partial charge in [0.15, 0.2) is 0 Å². The first-order chi connectivity index (χ1) is 9.63.